The van der Waals surface area contributed by atoms with Crippen LogP contribution in [0.2, 0.25) is 0 Å². The molecular weight excluding hydrogens is 384 g/mol. The Morgan fingerprint density at radius 3 is 2.40 bits per heavy atom. The van der Waals surface area contributed by atoms with Gasteiger partial charge in [-0.15, -0.1) is 0 Å². The van der Waals surface area contributed by atoms with E-state index in [9.17, 15) is 14.7 Å². The number of hydrogen-bond acceptors (Lipinski definition) is 6. The quantitative estimate of drug-likeness (QED) is 0.555. The molecule has 3 rings (SSSR count). The number of aliphatic hydroxyl groups is 1. The highest BCUT2D eigenvalue weighted by molar-refractivity contribution is 5.66. The number of carbonyl (C=O) groups excluding carboxylic acids is 2. The predicted molar refractivity (Wildman–Crippen MR) is 112 cm³/mol. The minimum Gasteiger partial charge on any atom is -0.459 e. The van der Waals surface area contributed by atoms with E-state index in [1.807, 2.05) is 6.08 Å². The Kier molecular flexibility index (Phi) is 6.49. The molecule has 2 aliphatic heterocycles. The fraction of sp³-hybridized carbons (Fsp3) is 0.750. The van der Waals surface area contributed by atoms with Crippen molar-refractivity contribution in [2.75, 3.05) is 0 Å². The second kappa shape index (κ2) is 8.46. The summed E-state index contributed by atoms with van der Waals surface area (Å²) in [5, 5.41) is 11.7. The number of hydrogen-bond donors (Lipinski definition) is 1. The molecule has 0 amide bonds. The van der Waals surface area contributed by atoms with E-state index in [0.717, 1.165) is 17.6 Å². The van der Waals surface area contributed by atoms with Gasteiger partial charge in [0.25, 0.3) is 0 Å². The van der Waals surface area contributed by atoms with Gasteiger partial charge < -0.3 is 19.3 Å². The first kappa shape index (κ1) is 23.0. The SMILES string of the molecule is CC(=O)OC1C=C(C)C2C3CC(C)=CCC(OC(C)=O)C(C)(O)C(O3)C2C1C(C)C. The minimum atomic E-state index is -1.38. The van der Waals surface area contributed by atoms with Gasteiger partial charge >= 0.3 is 11.9 Å². The van der Waals surface area contributed by atoms with E-state index in [2.05, 4.69) is 33.8 Å². The van der Waals surface area contributed by atoms with Gasteiger partial charge in [-0.3, -0.25) is 9.59 Å². The van der Waals surface area contributed by atoms with Crippen LogP contribution in [0, 0.1) is 23.7 Å². The fourth-order valence-electron chi connectivity index (χ4n) is 5.87. The Hall–Kier alpha value is -1.66. The fourth-order valence-corrected chi connectivity index (χ4v) is 5.87. The largest absolute Gasteiger partial charge is 0.459 e. The first-order valence-corrected chi connectivity index (χ1v) is 11.0. The molecule has 0 radical (unpaired) electrons. The predicted octanol–water partition coefficient (Wildman–Crippen LogP) is 3.57. The highest BCUT2D eigenvalue weighted by Gasteiger charge is 2.60. The van der Waals surface area contributed by atoms with Gasteiger partial charge in [0.15, 0.2) is 0 Å². The molecule has 8 atom stereocenters. The maximum Gasteiger partial charge on any atom is 0.303 e. The number of fused-ring (bicyclic) bond motifs is 5. The summed E-state index contributed by atoms with van der Waals surface area (Å²) >= 11 is 0. The summed E-state index contributed by atoms with van der Waals surface area (Å²) in [5.41, 5.74) is 0.907. The molecule has 8 unspecified atom stereocenters. The lowest BCUT2D eigenvalue weighted by atomic mass is 9.61. The van der Waals surface area contributed by atoms with Crippen LogP contribution in [-0.4, -0.2) is 47.1 Å². The maximum absolute atomic E-state index is 11.8. The Morgan fingerprint density at radius 1 is 1.20 bits per heavy atom. The first-order valence-electron chi connectivity index (χ1n) is 11.0. The number of carbonyl (C=O) groups is 2. The van der Waals surface area contributed by atoms with Gasteiger partial charge in [0, 0.05) is 38.0 Å². The molecule has 0 aromatic heterocycles. The zero-order valence-electron chi connectivity index (χ0n) is 19.2. The average molecular weight is 421 g/mol. The van der Waals surface area contributed by atoms with Crippen LogP contribution in [0.4, 0.5) is 0 Å². The van der Waals surface area contributed by atoms with Crippen LogP contribution in [0.5, 0.6) is 0 Å². The van der Waals surface area contributed by atoms with Crippen molar-refractivity contribution in [2.24, 2.45) is 23.7 Å². The molecule has 1 N–H and O–H groups in total. The standard InChI is InChI=1S/C24H36O6/c1-12(2)20-18(28-15(5)25)11-14(4)21-17-10-13(3)8-9-19(29-16(6)26)24(7,27)23(30-17)22(20)21/h8,11-12,17-23,27H,9-10H2,1-7H3. The van der Waals surface area contributed by atoms with Crippen molar-refractivity contribution < 1.29 is 28.9 Å². The van der Waals surface area contributed by atoms with Gasteiger partial charge in [0.1, 0.15) is 17.8 Å². The van der Waals surface area contributed by atoms with Crippen LogP contribution in [-0.2, 0) is 23.8 Å². The van der Waals surface area contributed by atoms with E-state index in [1.54, 1.807) is 6.92 Å². The van der Waals surface area contributed by atoms with E-state index in [1.165, 1.54) is 13.8 Å². The molecule has 30 heavy (non-hydrogen) atoms. The highest BCUT2D eigenvalue weighted by Crippen LogP contribution is 2.54. The van der Waals surface area contributed by atoms with Crippen LogP contribution >= 0.6 is 0 Å². The van der Waals surface area contributed by atoms with Gasteiger partial charge in [-0.2, -0.15) is 0 Å². The Morgan fingerprint density at radius 2 is 1.83 bits per heavy atom. The number of ether oxygens (including phenoxy) is 3. The van der Waals surface area contributed by atoms with Gasteiger partial charge in [0.05, 0.1) is 12.2 Å². The summed E-state index contributed by atoms with van der Waals surface area (Å²) < 4.78 is 17.9. The smallest absolute Gasteiger partial charge is 0.303 e. The zero-order chi connectivity index (χ0) is 22.4. The molecule has 2 bridgehead atoms. The minimum absolute atomic E-state index is 0.00855. The first-order chi connectivity index (χ1) is 13.9. The molecule has 6 nitrogen and oxygen atoms in total. The molecule has 3 aliphatic rings. The second-order valence-corrected chi connectivity index (χ2v) is 9.82. The van der Waals surface area contributed by atoms with Crippen LogP contribution in [0.25, 0.3) is 0 Å². The van der Waals surface area contributed by atoms with Crippen molar-refractivity contribution in [2.45, 2.75) is 91.3 Å². The molecule has 2 heterocycles. The molecule has 0 aromatic carbocycles. The molecule has 0 spiro atoms. The Balaban J connectivity index is 2.11. The van der Waals surface area contributed by atoms with Crippen molar-refractivity contribution in [1.82, 2.24) is 0 Å². The summed E-state index contributed by atoms with van der Waals surface area (Å²) in [7, 11) is 0. The maximum atomic E-state index is 11.8. The molecule has 0 saturated carbocycles. The van der Waals surface area contributed by atoms with E-state index in [0.29, 0.717) is 6.42 Å². The van der Waals surface area contributed by atoms with Crippen LogP contribution in [0.15, 0.2) is 23.3 Å². The van der Waals surface area contributed by atoms with Crippen LogP contribution < -0.4 is 0 Å². The van der Waals surface area contributed by atoms with Gasteiger partial charge in [0.2, 0.25) is 0 Å². The molecule has 1 saturated heterocycles. The lowest BCUT2D eigenvalue weighted by molar-refractivity contribution is -0.191. The summed E-state index contributed by atoms with van der Waals surface area (Å²) in [4.78, 5) is 23.6. The third-order valence-corrected chi connectivity index (χ3v) is 7.07. The summed E-state index contributed by atoms with van der Waals surface area (Å²) in [6.07, 6.45) is 3.63. The van der Waals surface area contributed by atoms with E-state index in [-0.39, 0.29) is 41.8 Å². The molecule has 6 heteroatoms. The Bertz CT molecular complexity index is 749. The van der Waals surface area contributed by atoms with Crippen molar-refractivity contribution in [3.8, 4) is 0 Å². The topological polar surface area (TPSA) is 82.1 Å². The number of esters is 2. The van der Waals surface area contributed by atoms with Crippen molar-refractivity contribution >= 4 is 11.9 Å². The molecule has 1 aliphatic carbocycles. The molecule has 168 valence electrons. The van der Waals surface area contributed by atoms with Crippen molar-refractivity contribution in [3.63, 3.8) is 0 Å². The zero-order valence-corrected chi connectivity index (χ0v) is 19.2. The summed E-state index contributed by atoms with van der Waals surface area (Å²) in [6, 6.07) is 0. The summed E-state index contributed by atoms with van der Waals surface area (Å²) in [5.74, 6) is -0.480. The molecular formula is C24H36O6. The third kappa shape index (κ3) is 4.22. The van der Waals surface area contributed by atoms with Crippen LogP contribution in [0.3, 0.4) is 0 Å². The lowest BCUT2D eigenvalue weighted by Crippen LogP contribution is -2.57. The van der Waals surface area contributed by atoms with Gasteiger partial charge in [-0.25, -0.2) is 0 Å². The van der Waals surface area contributed by atoms with Crippen molar-refractivity contribution in [1.29, 1.82) is 0 Å². The van der Waals surface area contributed by atoms with Gasteiger partial charge in [-0.1, -0.05) is 31.1 Å². The lowest BCUT2D eigenvalue weighted by Gasteiger charge is -2.46. The average Bonchev–Trinajstić information content (AvgIpc) is 2.98. The number of rotatable bonds is 3. The van der Waals surface area contributed by atoms with Gasteiger partial charge in [-0.05, 0) is 39.2 Å². The van der Waals surface area contributed by atoms with Crippen LogP contribution in [0.1, 0.15) is 61.3 Å². The Labute approximate surface area is 179 Å². The monoisotopic (exact) mass is 420 g/mol. The second-order valence-electron chi connectivity index (χ2n) is 9.82. The normalized spacial score (nSPS) is 41.0. The highest BCUT2D eigenvalue weighted by atomic mass is 16.6. The summed E-state index contributed by atoms with van der Waals surface area (Å²) in [6.45, 7) is 12.9. The molecule has 0 aromatic rings. The van der Waals surface area contributed by atoms with E-state index >= 15 is 0 Å². The third-order valence-electron chi connectivity index (χ3n) is 7.07. The van der Waals surface area contributed by atoms with E-state index < -0.39 is 23.8 Å². The van der Waals surface area contributed by atoms with Crippen molar-refractivity contribution in [3.05, 3.63) is 23.3 Å². The van der Waals surface area contributed by atoms with E-state index in [4.69, 9.17) is 14.2 Å². The molecule has 1 fully saturated rings.